The van der Waals surface area contributed by atoms with Crippen molar-refractivity contribution in [1.29, 1.82) is 0 Å². The molecule has 1 N–H and O–H groups in total. The summed E-state index contributed by atoms with van der Waals surface area (Å²) >= 11 is 0. The third-order valence-electron chi connectivity index (χ3n) is 8.74. The molecule has 0 amide bonds. The molecule has 9 nitrogen and oxygen atoms in total. The average Bonchev–Trinajstić information content (AvgIpc) is 3.66. The number of aryl methyl sites for hydroxylation is 2. The number of anilines is 1. The monoisotopic (exact) mass is 485 g/mol. The molecule has 8 rings (SSSR count). The van der Waals surface area contributed by atoms with E-state index < -0.39 is 5.60 Å². The molecule has 4 aromatic rings. The Hall–Kier alpha value is -3.46. The van der Waals surface area contributed by atoms with Crippen LogP contribution in [-0.2, 0) is 22.3 Å². The predicted octanol–water partition coefficient (Wildman–Crippen LogP) is 2.96. The van der Waals surface area contributed by atoms with Crippen LogP contribution in [0.25, 0.3) is 5.65 Å². The van der Waals surface area contributed by atoms with Crippen molar-refractivity contribution in [2.24, 2.45) is 11.8 Å². The Balaban J connectivity index is 1.19. The van der Waals surface area contributed by atoms with E-state index >= 15 is 0 Å². The van der Waals surface area contributed by atoms with Gasteiger partial charge in [-0.25, -0.2) is 19.0 Å². The van der Waals surface area contributed by atoms with Crippen molar-refractivity contribution in [3.8, 4) is 0 Å². The topological polar surface area (TPSA) is 93.3 Å². The van der Waals surface area contributed by atoms with Gasteiger partial charge in [-0.05, 0) is 49.8 Å². The molecule has 0 radical (unpaired) electrons. The zero-order valence-electron chi connectivity index (χ0n) is 20.9. The minimum absolute atomic E-state index is 0.130. The van der Waals surface area contributed by atoms with Gasteiger partial charge in [0.1, 0.15) is 11.4 Å². The minimum atomic E-state index is -0.547. The van der Waals surface area contributed by atoms with E-state index in [1.165, 1.54) is 15.9 Å². The zero-order chi connectivity index (χ0) is 24.7. The molecular formula is C27H31N7O2. The van der Waals surface area contributed by atoms with Crippen LogP contribution in [0.2, 0.25) is 0 Å². The zero-order valence-corrected chi connectivity index (χ0v) is 20.9. The highest BCUT2D eigenvalue weighted by atomic mass is 16.5. The Morgan fingerprint density at radius 2 is 2.03 bits per heavy atom. The molecule has 9 heteroatoms. The Morgan fingerprint density at radius 1 is 1.19 bits per heavy atom. The lowest BCUT2D eigenvalue weighted by molar-refractivity contribution is -0.0728. The summed E-state index contributed by atoms with van der Waals surface area (Å²) in [5, 5.41) is 9.29. The second-order valence-corrected chi connectivity index (χ2v) is 11.2. The highest BCUT2D eigenvalue weighted by Gasteiger charge is 2.64. The number of hydrogen-bond donors (Lipinski definition) is 1. The van der Waals surface area contributed by atoms with Crippen molar-refractivity contribution >= 4 is 11.3 Å². The summed E-state index contributed by atoms with van der Waals surface area (Å²) in [4.78, 5) is 22.4. The molecule has 1 aromatic carbocycles. The number of aromatic nitrogens is 6. The fourth-order valence-corrected chi connectivity index (χ4v) is 6.64. The van der Waals surface area contributed by atoms with Crippen molar-refractivity contribution in [3.63, 3.8) is 0 Å². The van der Waals surface area contributed by atoms with Crippen molar-refractivity contribution in [1.82, 2.24) is 29.4 Å². The van der Waals surface area contributed by atoms with Crippen LogP contribution in [0, 0.1) is 25.7 Å². The smallest absolute Gasteiger partial charge is 0.343 e. The first-order valence-electron chi connectivity index (χ1n) is 12.8. The van der Waals surface area contributed by atoms with E-state index in [1.807, 2.05) is 4.52 Å². The second-order valence-electron chi connectivity index (χ2n) is 11.2. The number of benzene rings is 1. The molecule has 6 heterocycles. The highest BCUT2D eigenvalue weighted by Crippen LogP contribution is 2.59. The van der Waals surface area contributed by atoms with Gasteiger partial charge in [-0.15, -0.1) is 5.10 Å². The Kier molecular flexibility index (Phi) is 4.55. The molecule has 3 saturated heterocycles. The highest BCUT2D eigenvalue weighted by molar-refractivity contribution is 5.58. The van der Waals surface area contributed by atoms with Crippen molar-refractivity contribution < 1.29 is 4.74 Å². The van der Waals surface area contributed by atoms with Crippen LogP contribution < -0.4 is 10.6 Å². The van der Waals surface area contributed by atoms with E-state index in [9.17, 15) is 4.79 Å². The Labute approximate surface area is 209 Å². The number of hydrogen-bond acceptors (Lipinski definition) is 6. The van der Waals surface area contributed by atoms with Gasteiger partial charge in [-0.2, -0.15) is 5.10 Å². The maximum atomic E-state index is 12.2. The lowest BCUT2D eigenvalue weighted by atomic mass is 9.63. The van der Waals surface area contributed by atoms with Gasteiger partial charge in [-0.3, -0.25) is 4.98 Å². The van der Waals surface area contributed by atoms with Gasteiger partial charge >= 0.3 is 5.69 Å². The summed E-state index contributed by atoms with van der Waals surface area (Å²) in [6.45, 7) is 9.42. The summed E-state index contributed by atoms with van der Waals surface area (Å²) in [6, 6.07) is 13.0. The predicted molar refractivity (Wildman–Crippen MR) is 135 cm³/mol. The van der Waals surface area contributed by atoms with E-state index in [0.717, 1.165) is 43.0 Å². The van der Waals surface area contributed by atoms with E-state index in [0.29, 0.717) is 24.9 Å². The van der Waals surface area contributed by atoms with Crippen LogP contribution in [0.15, 0.2) is 47.4 Å². The summed E-state index contributed by atoms with van der Waals surface area (Å²) < 4.78 is 9.75. The third kappa shape index (κ3) is 3.11. The fraction of sp³-hybridized carbons (Fsp3) is 0.481. The van der Waals surface area contributed by atoms with Gasteiger partial charge in [0.2, 0.25) is 0 Å². The standard InChI is InChI=1S/C27H31N7O2/c1-17-11-21(32-10-9-26(3,16-32)20-7-5-4-6-8-20)13-33-23(17)29-24(31-33)27-12-19(15-36-27)22(27)14-34-25(35)28-18(2)30-34/h4-8,11,13,19,22H,9-10,12,14-16H2,1-3H3,(H,28,30,35)/t19?,22?,26-,27?/m0/s1. The lowest BCUT2D eigenvalue weighted by Gasteiger charge is -2.42. The average molecular weight is 486 g/mol. The molecule has 4 fully saturated rings. The number of aromatic amines is 1. The Bertz CT molecular complexity index is 1520. The van der Waals surface area contributed by atoms with Crippen LogP contribution in [-0.4, -0.2) is 49.1 Å². The summed E-state index contributed by atoms with van der Waals surface area (Å²) in [7, 11) is 0. The number of rotatable bonds is 5. The fourth-order valence-electron chi connectivity index (χ4n) is 6.64. The molecular weight excluding hydrogens is 454 g/mol. The number of nitrogens with zero attached hydrogens (tertiary/aromatic N) is 6. The SMILES string of the molecule is Cc1nn(CC2C3COC2(c2nc4c(C)cc(N5CC[C@](C)(c6ccccc6)C5)cn4n2)C3)c(=O)[nH]1. The largest absolute Gasteiger partial charge is 0.369 e. The third-order valence-corrected chi connectivity index (χ3v) is 8.74. The lowest BCUT2D eigenvalue weighted by Crippen LogP contribution is -2.49. The molecule has 36 heavy (non-hydrogen) atoms. The van der Waals surface area contributed by atoms with Crippen LogP contribution in [0.1, 0.15) is 42.5 Å². The molecule has 4 aliphatic rings. The number of pyridine rings is 1. The maximum Gasteiger partial charge on any atom is 0.343 e. The minimum Gasteiger partial charge on any atom is -0.369 e. The normalized spacial score (nSPS) is 29.2. The molecule has 3 aliphatic heterocycles. The van der Waals surface area contributed by atoms with Gasteiger partial charge in [0.25, 0.3) is 0 Å². The van der Waals surface area contributed by atoms with Crippen LogP contribution in [0.3, 0.4) is 0 Å². The van der Waals surface area contributed by atoms with Crippen LogP contribution >= 0.6 is 0 Å². The van der Waals surface area contributed by atoms with Crippen LogP contribution in [0.4, 0.5) is 5.69 Å². The summed E-state index contributed by atoms with van der Waals surface area (Å²) in [5.74, 6) is 1.89. The number of nitrogens with one attached hydrogen (secondary N) is 1. The van der Waals surface area contributed by atoms with Gasteiger partial charge in [-0.1, -0.05) is 37.3 Å². The first-order valence-corrected chi connectivity index (χ1v) is 12.8. The molecule has 4 atom stereocenters. The Morgan fingerprint density at radius 3 is 2.78 bits per heavy atom. The van der Waals surface area contributed by atoms with Gasteiger partial charge < -0.3 is 9.64 Å². The summed E-state index contributed by atoms with van der Waals surface area (Å²) in [5.41, 5.74) is 3.93. The quantitative estimate of drug-likeness (QED) is 0.467. The first-order chi connectivity index (χ1) is 17.3. The van der Waals surface area contributed by atoms with E-state index in [4.69, 9.17) is 14.8 Å². The molecule has 3 unspecified atom stereocenters. The van der Waals surface area contributed by atoms with Crippen molar-refractivity contribution in [2.45, 2.75) is 51.2 Å². The van der Waals surface area contributed by atoms with Gasteiger partial charge in [0.15, 0.2) is 11.5 Å². The van der Waals surface area contributed by atoms with Crippen molar-refractivity contribution in [2.75, 3.05) is 24.6 Å². The molecule has 1 saturated carbocycles. The van der Waals surface area contributed by atoms with Crippen LogP contribution in [0.5, 0.6) is 0 Å². The second kappa shape index (κ2) is 7.52. The maximum absolute atomic E-state index is 12.2. The van der Waals surface area contributed by atoms with E-state index in [-0.39, 0.29) is 17.0 Å². The molecule has 0 spiro atoms. The van der Waals surface area contributed by atoms with Gasteiger partial charge in [0, 0.05) is 24.4 Å². The van der Waals surface area contributed by atoms with E-state index in [2.05, 4.69) is 71.4 Å². The van der Waals surface area contributed by atoms with Crippen molar-refractivity contribution in [3.05, 3.63) is 75.9 Å². The molecule has 186 valence electrons. The number of H-pyrrole nitrogens is 1. The van der Waals surface area contributed by atoms with E-state index in [1.54, 1.807) is 6.92 Å². The van der Waals surface area contributed by atoms with Gasteiger partial charge in [0.05, 0.1) is 25.0 Å². The molecule has 1 aliphatic carbocycles. The number of ether oxygens (including phenoxy) is 1. The summed E-state index contributed by atoms with van der Waals surface area (Å²) in [6.07, 6.45) is 4.11. The first kappa shape index (κ1) is 21.8. The molecule has 3 aromatic heterocycles. The molecule has 2 bridgehead atoms. The number of fused-ring (bicyclic) bond motifs is 2.